The summed E-state index contributed by atoms with van der Waals surface area (Å²) in [5, 5.41) is 11.0. The number of amides is 1. The van der Waals surface area contributed by atoms with Crippen molar-refractivity contribution in [1.82, 2.24) is 14.9 Å². The molecule has 202 valence electrons. The van der Waals surface area contributed by atoms with E-state index in [9.17, 15) is 4.79 Å². The average Bonchev–Trinajstić information content (AvgIpc) is 2.94. The summed E-state index contributed by atoms with van der Waals surface area (Å²) in [5.41, 5.74) is 4.91. The normalized spacial score (nSPS) is 18.1. The Morgan fingerprint density at radius 3 is 2.49 bits per heavy atom. The number of nitrogens with two attached hydrogens (primary N) is 1. The molecule has 8 nitrogen and oxygen atoms in total. The predicted molar refractivity (Wildman–Crippen MR) is 149 cm³/mol. The van der Waals surface area contributed by atoms with Gasteiger partial charge in [-0.15, -0.1) is 0 Å². The van der Waals surface area contributed by atoms with E-state index in [1.807, 2.05) is 34.5 Å². The molecule has 8 heteroatoms. The van der Waals surface area contributed by atoms with Crippen LogP contribution >= 0.6 is 0 Å². The number of hydrogen-bond donors (Lipinski definition) is 2. The van der Waals surface area contributed by atoms with Crippen LogP contribution in [0.25, 0.3) is 5.57 Å². The van der Waals surface area contributed by atoms with Gasteiger partial charge in [0.25, 0.3) is 0 Å². The highest BCUT2D eigenvalue weighted by atomic mass is 16.5. The zero-order valence-electron chi connectivity index (χ0n) is 22.8. The molecule has 3 heterocycles. The lowest BCUT2D eigenvalue weighted by Crippen LogP contribution is -2.89. The molecule has 2 saturated heterocycles. The third kappa shape index (κ3) is 6.08. The fourth-order valence-corrected chi connectivity index (χ4v) is 4.97. The molecule has 0 aliphatic carbocycles. The molecule has 39 heavy (non-hydrogen) atoms. The van der Waals surface area contributed by atoms with Crippen molar-refractivity contribution >= 4 is 17.2 Å². The van der Waals surface area contributed by atoms with Crippen molar-refractivity contribution in [2.24, 2.45) is 5.41 Å². The third-order valence-corrected chi connectivity index (χ3v) is 7.29. The summed E-state index contributed by atoms with van der Waals surface area (Å²) in [6.07, 6.45) is 3.03. The lowest BCUT2D eigenvalue weighted by Gasteiger charge is -2.42. The number of ether oxygens (including phenoxy) is 2. The van der Waals surface area contributed by atoms with E-state index in [0.29, 0.717) is 55.8 Å². The molecule has 0 saturated carbocycles. The number of carbonyl (C=O) groups excluding carboxylic acids is 1. The van der Waals surface area contributed by atoms with Crippen LogP contribution in [0.15, 0.2) is 72.8 Å². The lowest BCUT2D eigenvalue weighted by molar-refractivity contribution is -0.605. The molecule has 0 radical (unpaired) electrons. The highest BCUT2D eigenvalue weighted by Gasteiger charge is 2.40. The topological polar surface area (TPSA) is 105 Å². The van der Waals surface area contributed by atoms with Gasteiger partial charge in [0.05, 0.1) is 43.3 Å². The third-order valence-electron chi connectivity index (χ3n) is 7.29. The second-order valence-corrected chi connectivity index (χ2v) is 11.0. The monoisotopic (exact) mass is 526 g/mol. The van der Waals surface area contributed by atoms with Gasteiger partial charge in [0.1, 0.15) is 18.7 Å². The summed E-state index contributed by atoms with van der Waals surface area (Å²) >= 11 is 0. The van der Waals surface area contributed by atoms with Gasteiger partial charge in [-0.1, -0.05) is 57.2 Å². The standard InChI is InChI=1S/C31H35N5O3/c1-21(2)23-6-4-22(5-7-23)16-39-25-10-8-24(9-11-25)27(28(32)26-12-13-33-20-35-26)29-30(37)36(15-14-34-29)17-31(3)18-38-19-31/h4-13,20-21,32,34H,14-19H2,1-3H3/p+1. The number of carbonyl (C=O) groups is 1. The molecule has 2 fully saturated rings. The Hall–Kier alpha value is -3.88. The fraction of sp³-hybridized carbons (Fsp3) is 0.355. The van der Waals surface area contributed by atoms with Crippen LogP contribution in [-0.2, 0) is 16.1 Å². The van der Waals surface area contributed by atoms with Gasteiger partial charge in [-0.25, -0.2) is 9.97 Å². The Labute approximate surface area is 229 Å². The molecule has 0 bridgehead atoms. The Bertz CT molecular complexity index is 1350. The Balaban J connectivity index is 1.40. The minimum absolute atomic E-state index is 0.0213. The Kier molecular flexibility index (Phi) is 7.86. The van der Waals surface area contributed by atoms with Gasteiger partial charge >= 0.3 is 5.91 Å². The van der Waals surface area contributed by atoms with Crippen LogP contribution in [-0.4, -0.2) is 59.3 Å². The highest BCUT2D eigenvalue weighted by molar-refractivity contribution is 6.33. The van der Waals surface area contributed by atoms with Gasteiger partial charge in [-0.3, -0.25) is 10.2 Å². The van der Waals surface area contributed by atoms with Crippen molar-refractivity contribution < 1.29 is 19.6 Å². The number of piperazine rings is 1. The number of nitrogens with one attached hydrogen (secondary N) is 1. The van der Waals surface area contributed by atoms with Crippen molar-refractivity contribution in [3.05, 3.63) is 95.2 Å². The van der Waals surface area contributed by atoms with E-state index in [1.165, 1.54) is 11.9 Å². The van der Waals surface area contributed by atoms with Gasteiger partial charge in [0.15, 0.2) is 0 Å². The number of allylic oxidation sites excluding steroid dienone is 1. The highest BCUT2D eigenvalue weighted by Crippen LogP contribution is 2.30. The van der Waals surface area contributed by atoms with E-state index in [4.69, 9.17) is 14.9 Å². The van der Waals surface area contributed by atoms with Crippen molar-refractivity contribution in [3.8, 4) is 5.75 Å². The minimum atomic E-state index is -0.0617. The summed E-state index contributed by atoms with van der Waals surface area (Å²) in [4.78, 5) is 23.9. The van der Waals surface area contributed by atoms with Crippen LogP contribution in [0.1, 0.15) is 49.1 Å². The lowest BCUT2D eigenvalue weighted by atomic mass is 9.87. The molecular formula is C31H36N5O3+. The predicted octanol–water partition coefficient (Wildman–Crippen LogP) is 3.40. The zero-order valence-corrected chi connectivity index (χ0v) is 22.8. The van der Waals surface area contributed by atoms with E-state index < -0.39 is 0 Å². The Morgan fingerprint density at radius 2 is 1.87 bits per heavy atom. The van der Waals surface area contributed by atoms with Crippen LogP contribution in [0.2, 0.25) is 0 Å². The van der Waals surface area contributed by atoms with Gasteiger partial charge in [-0.2, -0.15) is 0 Å². The maximum Gasteiger partial charge on any atom is 0.308 e. The second kappa shape index (κ2) is 11.5. The van der Waals surface area contributed by atoms with Crippen molar-refractivity contribution in [3.63, 3.8) is 0 Å². The number of nitrogens with zero attached hydrogens (tertiary/aromatic N) is 3. The maximum atomic E-state index is 13.7. The molecule has 0 unspecified atom stereocenters. The number of aromatic nitrogens is 2. The van der Waals surface area contributed by atoms with Gasteiger partial charge in [-0.05, 0) is 40.8 Å². The van der Waals surface area contributed by atoms with Gasteiger partial charge in [0, 0.05) is 18.2 Å². The average molecular weight is 527 g/mol. The van der Waals surface area contributed by atoms with Crippen molar-refractivity contribution in [2.45, 2.75) is 33.3 Å². The van der Waals surface area contributed by atoms with Crippen molar-refractivity contribution in [2.75, 3.05) is 32.8 Å². The number of quaternary nitrogens is 1. The minimum Gasteiger partial charge on any atom is -0.489 e. The first-order chi connectivity index (χ1) is 18.8. The number of benzene rings is 2. The number of rotatable bonds is 9. The van der Waals surface area contributed by atoms with E-state index in [-0.39, 0.29) is 17.0 Å². The quantitative estimate of drug-likeness (QED) is 0.329. The molecule has 0 spiro atoms. The van der Waals surface area contributed by atoms with E-state index in [0.717, 1.165) is 23.4 Å². The molecule has 1 aromatic heterocycles. The van der Waals surface area contributed by atoms with Crippen LogP contribution in [0.3, 0.4) is 0 Å². The van der Waals surface area contributed by atoms with E-state index in [1.54, 1.807) is 12.3 Å². The summed E-state index contributed by atoms with van der Waals surface area (Å²) in [6, 6.07) is 17.8. The summed E-state index contributed by atoms with van der Waals surface area (Å²) in [6.45, 7) is 10.3. The molecule has 2 aliphatic rings. The van der Waals surface area contributed by atoms with Crippen LogP contribution in [0.4, 0.5) is 0 Å². The largest absolute Gasteiger partial charge is 0.489 e. The van der Waals surface area contributed by atoms with Crippen LogP contribution in [0, 0.1) is 10.8 Å². The van der Waals surface area contributed by atoms with Gasteiger partial charge in [0.2, 0.25) is 5.70 Å². The van der Waals surface area contributed by atoms with Gasteiger partial charge < -0.3 is 19.7 Å². The fourth-order valence-electron chi connectivity index (χ4n) is 4.97. The SMILES string of the molecule is CC(C)c1ccc(COc2ccc(C(C(=N)c3ccncn3)=C3[NH2+]CCN(CC4(C)COC4)C3=O)cc2)cc1. The molecule has 1 amide bonds. The molecule has 0 atom stereocenters. The summed E-state index contributed by atoms with van der Waals surface area (Å²) < 4.78 is 11.5. The summed E-state index contributed by atoms with van der Waals surface area (Å²) in [7, 11) is 0. The van der Waals surface area contributed by atoms with Crippen LogP contribution < -0.4 is 10.1 Å². The molecule has 2 aromatic carbocycles. The molecular weight excluding hydrogens is 490 g/mol. The molecule has 3 N–H and O–H groups in total. The maximum absolute atomic E-state index is 13.7. The van der Waals surface area contributed by atoms with Crippen LogP contribution in [0.5, 0.6) is 5.75 Å². The van der Waals surface area contributed by atoms with E-state index in [2.05, 4.69) is 55.0 Å². The second-order valence-electron chi connectivity index (χ2n) is 11.0. The number of hydrogen-bond acceptors (Lipinski definition) is 6. The zero-order chi connectivity index (χ0) is 27.4. The first kappa shape index (κ1) is 26.7. The first-order valence-electron chi connectivity index (χ1n) is 13.4. The van der Waals surface area contributed by atoms with Crippen molar-refractivity contribution in [1.29, 1.82) is 5.41 Å². The van der Waals surface area contributed by atoms with E-state index >= 15 is 0 Å². The molecule has 3 aromatic rings. The summed E-state index contributed by atoms with van der Waals surface area (Å²) in [5.74, 6) is 1.16. The smallest absolute Gasteiger partial charge is 0.308 e. The molecule has 2 aliphatic heterocycles. The Morgan fingerprint density at radius 1 is 1.13 bits per heavy atom. The molecule has 5 rings (SSSR count). The first-order valence-corrected chi connectivity index (χ1v) is 13.4.